The molecule has 0 spiro atoms. The van der Waals surface area contributed by atoms with Gasteiger partial charge in [-0.3, -0.25) is 4.79 Å². The summed E-state index contributed by atoms with van der Waals surface area (Å²) in [7, 11) is 0. The maximum Gasteiger partial charge on any atom is 0.225 e. The summed E-state index contributed by atoms with van der Waals surface area (Å²) in [6.45, 7) is 3.31. The molecule has 25 heavy (non-hydrogen) atoms. The minimum absolute atomic E-state index is 1.03. The van der Waals surface area contributed by atoms with Gasteiger partial charge in [-0.15, -0.1) is 0 Å². The molecule has 0 saturated carbocycles. The Kier molecular flexibility index (Phi) is 13.7. The first kappa shape index (κ1) is 21.5. The Morgan fingerprint density at radius 1 is 0.800 bits per heavy atom. The van der Waals surface area contributed by atoms with E-state index in [0.717, 1.165) is 17.8 Å². The summed E-state index contributed by atoms with van der Waals surface area (Å²) in [6, 6.07) is 8.15. The predicted molar refractivity (Wildman–Crippen MR) is 111 cm³/mol. The highest BCUT2D eigenvalue weighted by atomic mass is 16.1. The first-order valence-electron chi connectivity index (χ1n) is 10.2. The third kappa shape index (κ3) is 12.4. The number of unbranched alkanes of at least 4 members (excludes halogenated alkanes) is 11. The van der Waals surface area contributed by atoms with Crippen molar-refractivity contribution in [2.24, 2.45) is 0 Å². The normalized spacial score (nSPS) is 11.1. The molecule has 1 aromatic rings. The summed E-state index contributed by atoms with van der Waals surface area (Å²) in [6.07, 6.45) is 21.6. The summed E-state index contributed by atoms with van der Waals surface area (Å²) in [5.74, 6) is 0. The second-order valence-corrected chi connectivity index (χ2v) is 6.89. The molecule has 0 amide bonds. The fourth-order valence-electron chi connectivity index (χ4n) is 3.04. The molecule has 0 aromatic heterocycles. The van der Waals surface area contributed by atoms with Gasteiger partial charge in [0.2, 0.25) is 6.29 Å². The Hall–Kier alpha value is -1.57. The van der Waals surface area contributed by atoms with Crippen LogP contribution in [0.4, 0.5) is 5.69 Å². The van der Waals surface area contributed by atoms with Gasteiger partial charge in [-0.25, -0.2) is 0 Å². The van der Waals surface area contributed by atoms with Crippen molar-refractivity contribution < 1.29 is 4.79 Å². The van der Waals surface area contributed by atoms with Gasteiger partial charge in [0, 0.05) is 12.2 Å². The molecule has 1 rings (SSSR count). The predicted octanol–water partition coefficient (Wildman–Crippen LogP) is 6.92. The molecule has 1 radical (unpaired) electrons. The minimum atomic E-state index is 1.03. The molecule has 0 unspecified atom stereocenters. The van der Waals surface area contributed by atoms with E-state index in [2.05, 4.69) is 24.4 Å². The Morgan fingerprint density at radius 2 is 1.32 bits per heavy atom. The summed E-state index contributed by atoms with van der Waals surface area (Å²) in [5, 5.41) is 3.46. The monoisotopic (exact) mass is 342 g/mol. The van der Waals surface area contributed by atoms with Crippen molar-refractivity contribution in [3.05, 3.63) is 35.9 Å². The van der Waals surface area contributed by atoms with Crippen LogP contribution < -0.4 is 5.32 Å². The number of rotatable bonds is 16. The molecule has 0 atom stereocenters. The van der Waals surface area contributed by atoms with Crippen molar-refractivity contribution in [3.8, 4) is 0 Å². The van der Waals surface area contributed by atoms with E-state index in [1.807, 2.05) is 12.1 Å². The van der Waals surface area contributed by atoms with Crippen LogP contribution in [0.25, 0.3) is 6.08 Å². The van der Waals surface area contributed by atoms with E-state index in [9.17, 15) is 4.79 Å². The molecule has 139 valence electrons. The van der Waals surface area contributed by atoms with Crippen LogP contribution in [0.15, 0.2) is 30.3 Å². The van der Waals surface area contributed by atoms with Gasteiger partial charge in [0.25, 0.3) is 0 Å². The van der Waals surface area contributed by atoms with Gasteiger partial charge in [0.15, 0.2) is 0 Å². The summed E-state index contributed by atoms with van der Waals surface area (Å²) in [4.78, 5) is 10.2. The number of hydrogen-bond donors (Lipinski definition) is 1. The number of carbonyl (C=O) groups excluding carboxylic acids is 1. The highest BCUT2D eigenvalue weighted by molar-refractivity contribution is 5.74. The van der Waals surface area contributed by atoms with Gasteiger partial charge in [0.1, 0.15) is 0 Å². The highest BCUT2D eigenvalue weighted by Gasteiger charge is 1.95. The smallest absolute Gasteiger partial charge is 0.225 e. The Labute approximate surface area is 155 Å². The van der Waals surface area contributed by atoms with Crippen molar-refractivity contribution in [2.45, 2.75) is 84.0 Å². The molecule has 0 fully saturated rings. The lowest BCUT2D eigenvalue weighted by Gasteiger charge is -2.07. The van der Waals surface area contributed by atoms with Gasteiger partial charge in [-0.05, 0) is 30.2 Å². The molecule has 0 saturated heterocycles. The van der Waals surface area contributed by atoms with E-state index in [4.69, 9.17) is 0 Å². The zero-order valence-electron chi connectivity index (χ0n) is 16.1. The number of anilines is 1. The molecule has 0 aliphatic carbocycles. The van der Waals surface area contributed by atoms with Crippen molar-refractivity contribution in [2.75, 3.05) is 11.9 Å². The number of allylic oxidation sites excluding steroid dienone is 1. The van der Waals surface area contributed by atoms with Gasteiger partial charge in [-0.1, -0.05) is 95.8 Å². The van der Waals surface area contributed by atoms with Crippen molar-refractivity contribution in [1.29, 1.82) is 0 Å². The third-order valence-electron chi connectivity index (χ3n) is 4.61. The second kappa shape index (κ2) is 15.9. The van der Waals surface area contributed by atoms with Gasteiger partial charge < -0.3 is 5.32 Å². The number of benzene rings is 1. The molecule has 0 heterocycles. The van der Waals surface area contributed by atoms with Crippen LogP contribution in [0.5, 0.6) is 0 Å². The Balaban J connectivity index is 1.90. The fourth-order valence-corrected chi connectivity index (χ4v) is 3.04. The van der Waals surface area contributed by atoms with Crippen LogP contribution in [0, 0.1) is 0 Å². The lowest BCUT2D eigenvalue weighted by atomic mass is 10.1. The van der Waals surface area contributed by atoms with Gasteiger partial charge >= 0.3 is 0 Å². The van der Waals surface area contributed by atoms with E-state index in [1.165, 1.54) is 83.1 Å². The minimum Gasteiger partial charge on any atom is -0.385 e. The first-order valence-corrected chi connectivity index (χ1v) is 10.2. The molecule has 0 bridgehead atoms. The molecule has 2 heteroatoms. The first-order chi connectivity index (χ1) is 12.4. The fraction of sp³-hybridized carbons (Fsp3) is 0.609. The third-order valence-corrected chi connectivity index (χ3v) is 4.61. The molecule has 0 aliphatic rings. The largest absolute Gasteiger partial charge is 0.385 e. The maximum atomic E-state index is 10.2. The molecule has 1 N–H and O–H groups in total. The van der Waals surface area contributed by atoms with Crippen LogP contribution in [0.1, 0.15) is 89.5 Å². The second-order valence-electron chi connectivity index (χ2n) is 6.89. The van der Waals surface area contributed by atoms with E-state index in [-0.39, 0.29) is 0 Å². The lowest BCUT2D eigenvalue weighted by molar-refractivity contribution is 0.546. The standard InChI is InChI=1S/C23H36NO/c1-2-3-4-5-6-7-8-9-10-11-12-13-20-24-23-18-16-22(17-19-23)15-14-21-25/h14-19,24H,2-13,20H2,1H3. The summed E-state index contributed by atoms with van der Waals surface area (Å²) >= 11 is 0. The number of nitrogens with one attached hydrogen (secondary N) is 1. The lowest BCUT2D eigenvalue weighted by Crippen LogP contribution is -2.01. The van der Waals surface area contributed by atoms with Crippen molar-refractivity contribution in [3.63, 3.8) is 0 Å². The molecule has 1 aromatic carbocycles. The summed E-state index contributed by atoms with van der Waals surface area (Å²) < 4.78 is 0. The summed E-state index contributed by atoms with van der Waals surface area (Å²) in [5.41, 5.74) is 2.18. The molecule has 2 nitrogen and oxygen atoms in total. The SMILES string of the molecule is CCCCCCCCCCCCCCNc1ccc(C=C[C]=O)cc1. The average molecular weight is 343 g/mol. The van der Waals surface area contributed by atoms with Crippen LogP contribution in [0.2, 0.25) is 0 Å². The zero-order chi connectivity index (χ0) is 18.0. The van der Waals surface area contributed by atoms with Gasteiger partial charge in [0.05, 0.1) is 0 Å². The van der Waals surface area contributed by atoms with Crippen LogP contribution in [-0.2, 0) is 4.79 Å². The Bertz CT molecular complexity index is 450. The van der Waals surface area contributed by atoms with Crippen LogP contribution in [-0.4, -0.2) is 12.8 Å². The van der Waals surface area contributed by atoms with E-state index in [1.54, 1.807) is 12.4 Å². The van der Waals surface area contributed by atoms with Crippen LogP contribution in [0.3, 0.4) is 0 Å². The van der Waals surface area contributed by atoms with Crippen molar-refractivity contribution >= 4 is 18.0 Å². The quantitative estimate of drug-likeness (QED) is 0.261. The van der Waals surface area contributed by atoms with Crippen molar-refractivity contribution in [1.82, 2.24) is 0 Å². The van der Waals surface area contributed by atoms with E-state index < -0.39 is 0 Å². The average Bonchev–Trinajstić information content (AvgIpc) is 2.65. The Morgan fingerprint density at radius 3 is 1.84 bits per heavy atom. The van der Waals surface area contributed by atoms with E-state index in [0.29, 0.717) is 0 Å². The zero-order valence-corrected chi connectivity index (χ0v) is 16.1. The number of hydrogen-bond acceptors (Lipinski definition) is 2. The van der Waals surface area contributed by atoms with Gasteiger partial charge in [-0.2, -0.15) is 0 Å². The molecular formula is C23H36NO. The molecule has 0 aliphatic heterocycles. The topological polar surface area (TPSA) is 29.1 Å². The van der Waals surface area contributed by atoms with Crippen LogP contribution >= 0.6 is 0 Å². The van der Waals surface area contributed by atoms with E-state index >= 15 is 0 Å². The highest BCUT2D eigenvalue weighted by Crippen LogP contribution is 2.13. The molecular weight excluding hydrogens is 306 g/mol. The maximum absolute atomic E-state index is 10.2.